The zero-order valence-corrected chi connectivity index (χ0v) is 17.4. The predicted octanol–water partition coefficient (Wildman–Crippen LogP) is 3.61. The summed E-state index contributed by atoms with van der Waals surface area (Å²) in [6, 6.07) is 4.60. The Morgan fingerprint density at radius 2 is 2.00 bits per heavy atom. The maximum absolute atomic E-state index is 14.2. The van der Waals surface area contributed by atoms with Crippen molar-refractivity contribution >= 4 is 11.8 Å². The van der Waals surface area contributed by atoms with Crippen LogP contribution in [0.1, 0.15) is 52.0 Å². The highest BCUT2D eigenvalue weighted by molar-refractivity contribution is 5.86. The minimum atomic E-state index is -0.513. The Bertz CT molecular complexity index is 759. The van der Waals surface area contributed by atoms with Crippen LogP contribution in [0, 0.1) is 16.6 Å². The molecule has 3 rings (SSSR count). The molecule has 0 unspecified atom stereocenters. The highest BCUT2D eigenvalue weighted by Crippen LogP contribution is 2.41. The highest BCUT2D eigenvalue weighted by atomic mass is 19.1. The molecular weight excluding hydrogens is 359 g/mol. The highest BCUT2D eigenvalue weighted by Gasteiger charge is 2.49. The van der Waals surface area contributed by atoms with Gasteiger partial charge in [-0.25, -0.2) is 4.39 Å². The van der Waals surface area contributed by atoms with Crippen LogP contribution in [0.15, 0.2) is 18.2 Å². The molecule has 2 aliphatic heterocycles. The third-order valence-electron chi connectivity index (χ3n) is 5.83. The first-order valence-corrected chi connectivity index (χ1v) is 10.0. The third-order valence-corrected chi connectivity index (χ3v) is 5.83. The lowest BCUT2D eigenvalue weighted by Gasteiger charge is -2.39. The number of likely N-dealkylation sites (tertiary alicyclic amines) is 2. The Hall–Kier alpha value is -2.11. The van der Waals surface area contributed by atoms with Gasteiger partial charge in [-0.05, 0) is 42.9 Å². The van der Waals surface area contributed by atoms with E-state index < -0.39 is 5.41 Å². The molecule has 0 aromatic heterocycles. The molecule has 1 aromatic rings. The van der Waals surface area contributed by atoms with Gasteiger partial charge >= 0.3 is 0 Å². The van der Waals surface area contributed by atoms with Crippen LogP contribution in [0.2, 0.25) is 0 Å². The molecule has 0 radical (unpaired) electrons. The summed E-state index contributed by atoms with van der Waals surface area (Å²) in [6.07, 6.45) is 2.84. The zero-order valence-electron chi connectivity index (χ0n) is 17.4. The van der Waals surface area contributed by atoms with Gasteiger partial charge in [0.1, 0.15) is 11.6 Å². The second kappa shape index (κ2) is 7.72. The van der Waals surface area contributed by atoms with Crippen LogP contribution >= 0.6 is 0 Å². The number of ether oxygens (including phenoxy) is 1. The smallest absolute Gasteiger partial charge is 0.230 e. The molecule has 5 nitrogen and oxygen atoms in total. The molecule has 2 amide bonds. The van der Waals surface area contributed by atoms with E-state index in [-0.39, 0.29) is 29.6 Å². The number of halogens is 1. The van der Waals surface area contributed by atoms with E-state index in [1.54, 1.807) is 24.1 Å². The van der Waals surface area contributed by atoms with Gasteiger partial charge in [0.2, 0.25) is 11.8 Å². The van der Waals surface area contributed by atoms with E-state index in [0.29, 0.717) is 43.8 Å². The summed E-state index contributed by atoms with van der Waals surface area (Å²) in [5.74, 6) is 0.414. The second-order valence-corrected chi connectivity index (χ2v) is 9.37. The maximum Gasteiger partial charge on any atom is 0.230 e. The second-order valence-electron chi connectivity index (χ2n) is 9.37. The molecule has 2 heterocycles. The van der Waals surface area contributed by atoms with E-state index in [1.807, 2.05) is 25.7 Å². The summed E-state index contributed by atoms with van der Waals surface area (Å²) in [5.41, 5.74) is -0.121. The molecule has 0 N–H and O–H groups in total. The average Bonchev–Trinajstić information content (AvgIpc) is 3.05. The van der Waals surface area contributed by atoms with Gasteiger partial charge in [-0.15, -0.1) is 0 Å². The summed E-state index contributed by atoms with van der Waals surface area (Å²) in [5, 5.41) is 0. The van der Waals surface area contributed by atoms with Gasteiger partial charge in [0.25, 0.3) is 0 Å². The summed E-state index contributed by atoms with van der Waals surface area (Å²) in [7, 11) is 1.54. The van der Waals surface area contributed by atoms with Gasteiger partial charge in [-0.3, -0.25) is 9.59 Å². The Balaban J connectivity index is 1.72. The SMILES string of the molecule is COc1ccc(F)c(CN2CCC[C@]3(CCN(C(=O)CC(C)(C)C)C3)C2=O)c1. The normalized spacial score (nSPS) is 22.8. The molecule has 28 heavy (non-hydrogen) atoms. The van der Waals surface area contributed by atoms with Crippen molar-refractivity contribution in [2.75, 3.05) is 26.7 Å². The number of benzene rings is 1. The Labute approximate surface area is 166 Å². The minimum absolute atomic E-state index is 0.0482. The fourth-order valence-corrected chi connectivity index (χ4v) is 4.34. The van der Waals surface area contributed by atoms with Crippen LogP contribution in [0.3, 0.4) is 0 Å². The Kier molecular flexibility index (Phi) is 5.69. The van der Waals surface area contributed by atoms with Crippen molar-refractivity contribution in [3.63, 3.8) is 0 Å². The van der Waals surface area contributed by atoms with Crippen LogP contribution in [-0.2, 0) is 16.1 Å². The number of carbonyl (C=O) groups is 2. The van der Waals surface area contributed by atoms with Crippen molar-refractivity contribution in [3.8, 4) is 5.75 Å². The van der Waals surface area contributed by atoms with Gasteiger partial charge in [0.15, 0.2) is 0 Å². The number of hydrogen-bond donors (Lipinski definition) is 0. The van der Waals surface area contributed by atoms with E-state index in [0.717, 1.165) is 12.8 Å². The molecule has 0 saturated carbocycles. The lowest BCUT2D eigenvalue weighted by molar-refractivity contribution is -0.147. The standard InChI is InChI=1S/C22H31FN2O3/c1-21(2,3)13-19(26)25-11-9-22(15-25)8-5-10-24(20(22)27)14-16-12-17(28-4)6-7-18(16)23/h6-7,12H,5,8-11,13-15H2,1-4H3/t22-/m1/s1. The number of amides is 2. The lowest BCUT2D eigenvalue weighted by atomic mass is 9.78. The fraction of sp³-hybridized carbons (Fsp3) is 0.636. The zero-order chi connectivity index (χ0) is 20.5. The van der Waals surface area contributed by atoms with Crippen molar-refractivity contribution in [3.05, 3.63) is 29.6 Å². The number of nitrogens with zero attached hydrogens (tertiary/aromatic N) is 2. The topological polar surface area (TPSA) is 49.9 Å². The first kappa shape index (κ1) is 20.6. The van der Waals surface area contributed by atoms with Gasteiger partial charge in [-0.2, -0.15) is 0 Å². The molecule has 0 bridgehead atoms. The maximum atomic E-state index is 14.2. The molecule has 6 heteroatoms. The van der Waals surface area contributed by atoms with Gasteiger partial charge in [0, 0.05) is 38.2 Å². The molecule has 1 atom stereocenters. The predicted molar refractivity (Wildman–Crippen MR) is 105 cm³/mol. The molecule has 2 fully saturated rings. The van der Waals surface area contributed by atoms with Crippen molar-refractivity contribution in [1.29, 1.82) is 0 Å². The number of carbonyl (C=O) groups excluding carboxylic acids is 2. The quantitative estimate of drug-likeness (QED) is 0.789. The van der Waals surface area contributed by atoms with Crippen molar-refractivity contribution in [2.45, 2.75) is 53.0 Å². The van der Waals surface area contributed by atoms with E-state index in [2.05, 4.69) is 0 Å². The van der Waals surface area contributed by atoms with Crippen LogP contribution in [0.5, 0.6) is 5.75 Å². The van der Waals surface area contributed by atoms with E-state index >= 15 is 0 Å². The molecule has 1 aromatic carbocycles. The monoisotopic (exact) mass is 390 g/mol. The van der Waals surface area contributed by atoms with E-state index in [1.165, 1.54) is 6.07 Å². The Morgan fingerprint density at radius 3 is 2.68 bits per heavy atom. The number of methoxy groups -OCH3 is 1. The van der Waals surface area contributed by atoms with Gasteiger partial charge in [-0.1, -0.05) is 20.8 Å². The van der Waals surface area contributed by atoms with Crippen LogP contribution in [0.25, 0.3) is 0 Å². The first-order chi connectivity index (χ1) is 13.1. The van der Waals surface area contributed by atoms with Crippen LogP contribution in [-0.4, -0.2) is 48.4 Å². The average molecular weight is 390 g/mol. The summed E-state index contributed by atoms with van der Waals surface area (Å²) in [4.78, 5) is 29.5. The molecule has 154 valence electrons. The van der Waals surface area contributed by atoms with Crippen molar-refractivity contribution in [2.24, 2.45) is 10.8 Å². The van der Waals surface area contributed by atoms with Crippen LogP contribution < -0.4 is 4.74 Å². The van der Waals surface area contributed by atoms with E-state index in [9.17, 15) is 14.0 Å². The first-order valence-electron chi connectivity index (χ1n) is 10.0. The summed E-state index contributed by atoms with van der Waals surface area (Å²) >= 11 is 0. The molecule has 2 aliphatic rings. The van der Waals surface area contributed by atoms with Gasteiger partial charge < -0.3 is 14.5 Å². The summed E-state index contributed by atoms with van der Waals surface area (Å²) in [6.45, 7) is 8.11. The summed E-state index contributed by atoms with van der Waals surface area (Å²) < 4.78 is 19.4. The molecular formula is C22H31FN2O3. The number of hydrogen-bond acceptors (Lipinski definition) is 3. The van der Waals surface area contributed by atoms with Crippen molar-refractivity contribution < 1.29 is 18.7 Å². The fourth-order valence-electron chi connectivity index (χ4n) is 4.34. The molecule has 0 aliphatic carbocycles. The minimum Gasteiger partial charge on any atom is -0.497 e. The molecule has 2 saturated heterocycles. The largest absolute Gasteiger partial charge is 0.497 e. The van der Waals surface area contributed by atoms with E-state index in [4.69, 9.17) is 4.74 Å². The van der Waals surface area contributed by atoms with Gasteiger partial charge in [0.05, 0.1) is 12.5 Å². The van der Waals surface area contributed by atoms with Crippen LogP contribution in [0.4, 0.5) is 4.39 Å². The number of rotatable bonds is 4. The molecule has 1 spiro atoms. The number of piperidine rings is 1. The lowest BCUT2D eigenvalue weighted by Crippen LogP contribution is -2.50. The third kappa shape index (κ3) is 4.31. The van der Waals surface area contributed by atoms with Crippen molar-refractivity contribution in [1.82, 2.24) is 9.80 Å². The Morgan fingerprint density at radius 1 is 1.25 bits per heavy atom.